The van der Waals surface area contributed by atoms with Crippen LogP contribution in [0.2, 0.25) is 0 Å². The zero-order valence-electron chi connectivity index (χ0n) is 27.5. The number of para-hydroxylation sites is 1. The fraction of sp³-hybridized carbons (Fsp3) is 0. The number of nitrogens with zero attached hydrogens (tertiary/aromatic N) is 2. The van der Waals surface area contributed by atoms with Gasteiger partial charge in [-0.3, -0.25) is 0 Å². The Morgan fingerprint density at radius 1 is 0.412 bits per heavy atom. The SMILES string of the molecule is c1ccc(-c2cccc(N(c3ccc(-c4cccc5ccccc45)cc3)c3c4nc(-c5ccccc5)oc4cc4oc5ccccc5c34)c2)cc1. The molecule has 0 atom stereocenters. The molecule has 0 aliphatic heterocycles. The van der Waals surface area contributed by atoms with Gasteiger partial charge in [0.15, 0.2) is 5.58 Å². The maximum atomic E-state index is 6.53. The summed E-state index contributed by atoms with van der Waals surface area (Å²) in [7, 11) is 0. The van der Waals surface area contributed by atoms with Crippen molar-refractivity contribution in [2.45, 2.75) is 0 Å². The molecule has 0 unspecified atom stereocenters. The molecule has 0 aliphatic rings. The highest BCUT2D eigenvalue weighted by atomic mass is 16.4. The van der Waals surface area contributed by atoms with Gasteiger partial charge in [0.1, 0.15) is 16.7 Å². The number of oxazole rings is 1. The van der Waals surface area contributed by atoms with Gasteiger partial charge in [-0.2, -0.15) is 0 Å². The molecule has 0 spiro atoms. The second-order valence-corrected chi connectivity index (χ2v) is 12.8. The molecule has 51 heavy (non-hydrogen) atoms. The first-order chi connectivity index (χ1) is 25.3. The van der Waals surface area contributed by atoms with E-state index in [9.17, 15) is 0 Å². The molecule has 0 N–H and O–H groups in total. The third kappa shape index (κ3) is 4.96. The van der Waals surface area contributed by atoms with E-state index in [0.29, 0.717) is 11.5 Å². The van der Waals surface area contributed by atoms with Gasteiger partial charge in [0.05, 0.1) is 11.1 Å². The Morgan fingerprint density at radius 3 is 1.90 bits per heavy atom. The summed E-state index contributed by atoms with van der Waals surface area (Å²) in [5, 5.41) is 4.45. The lowest BCUT2D eigenvalue weighted by Crippen LogP contribution is -2.11. The van der Waals surface area contributed by atoms with E-state index in [4.69, 9.17) is 13.8 Å². The molecule has 4 nitrogen and oxygen atoms in total. The summed E-state index contributed by atoms with van der Waals surface area (Å²) >= 11 is 0. The Labute approximate surface area is 294 Å². The first-order valence-corrected chi connectivity index (χ1v) is 17.1. The van der Waals surface area contributed by atoms with Crippen LogP contribution < -0.4 is 4.90 Å². The van der Waals surface area contributed by atoms with Crippen LogP contribution in [-0.4, -0.2) is 4.98 Å². The number of furan rings is 1. The van der Waals surface area contributed by atoms with Gasteiger partial charge in [-0.05, 0) is 75.5 Å². The van der Waals surface area contributed by atoms with Gasteiger partial charge in [0.25, 0.3) is 0 Å². The Balaban J connectivity index is 1.25. The first kappa shape index (κ1) is 29.0. The van der Waals surface area contributed by atoms with E-state index in [1.165, 1.54) is 16.3 Å². The molecule has 0 amide bonds. The molecule has 10 aromatic rings. The van der Waals surface area contributed by atoms with Gasteiger partial charge < -0.3 is 13.7 Å². The summed E-state index contributed by atoms with van der Waals surface area (Å²) in [6, 6.07) is 63.3. The van der Waals surface area contributed by atoms with E-state index in [-0.39, 0.29) is 0 Å². The van der Waals surface area contributed by atoms with Crippen LogP contribution in [0.25, 0.3) is 77.5 Å². The normalized spacial score (nSPS) is 11.5. The summed E-state index contributed by atoms with van der Waals surface area (Å²) in [6.45, 7) is 0. The molecule has 2 heterocycles. The van der Waals surface area contributed by atoms with Gasteiger partial charge in [-0.15, -0.1) is 0 Å². The molecular formula is C47H30N2O2. The van der Waals surface area contributed by atoms with Crippen LogP contribution in [0.1, 0.15) is 0 Å². The van der Waals surface area contributed by atoms with Crippen LogP contribution in [-0.2, 0) is 0 Å². The highest BCUT2D eigenvalue weighted by Gasteiger charge is 2.26. The average Bonchev–Trinajstić information content (AvgIpc) is 3.80. The van der Waals surface area contributed by atoms with Gasteiger partial charge in [0, 0.05) is 28.4 Å². The molecule has 0 radical (unpaired) electrons. The molecule has 0 aliphatic carbocycles. The summed E-state index contributed by atoms with van der Waals surface area (Å²) in [5.41, 5.74) is 11.4. The molecule has 2 aromatic heterocycles. The maximum Gasteiger partial charge on any atom is 0.227 e. The lowest BCUT2D eigenvalue weighted by atomic mass is 9.98. The van der Waals surface area contributed by atoms with Crippen molar-refractivity contribution in [3.8, 4) is 33.7 Å². The average molecular weight is 655 g/mol. The Kier molecular flexibility index (Phi) is 6.78. The fourth-order valence-corrected chi connectivity index (χ4v) is 7.30. The third-order valence-corrected chi connectivity index (χ3v) is 9.68. The smallest absolute Gasteiger partial charge is 0.227 e. The van der Waals surface area contributed by atoms with Crippen molar-refractivity contribution in [1.82, 2.24) is 4.98 Å². The van der Waals surface area contributed by atoms with Crippen molar-refractivity contribution in [2.24, 2.45) is 0 Å². The lowest BCUT2D eigenvalue weighted by Gasteiger charge is -2.27. The maximum absolute atomic E-state index is 6.53. The summed E-state index contributed by atoms with van der Waals surface area (Å²) in [5.74, 6) is 0.563. The van der Waals surface area contributed by atoms with E-state index in [0.717, 1.165) is 66.8 Å². The minimum atomic E-state index is 0.563. The predicted molar refractivity (Wildman–Crippen MR) is 210 cm³/mol. The number of rotatable bonds is 6. The molecule has 0 saturated carbocycles. The van der Waals surface area contributed by atoms with E-state index < -0.39 is 0 Å². The van der Waals surface area contributed by atoms with Gasteiger partial charge in [0.2, 0.25) is 5.89 Å². The minimum absolute atomic E-state index is 0.563. The van der Waals surface area contributed by atoms with Crippen LogP contribution in [0, 0.1) is 0 Å². The second-order valence-electron chi connectivity index (χ2n) is 12.8. The van der Waals surface area contributed by atoms with Crippen LogP contribution in [0.4, 0.5) is 17.1 Å². The monoisotopic (exact) mass is 654 g/mol. The van der Waals surface area contributed by atoms with Gasteiger partial charge in [-0.1, -0.05) is 133 Å². The largest absolute Gasteiger partial charge is 0.456 e. The van der Waals surface area contributed by atoms with Crippen molar-refractivity contribution < 1.29 is 8.83 Å². The molecule has 0 bridgehead atoms. The van der Waals surface area contributed by atoms with Crippen LogP contribution >= 0.6 is 0 Å². The fourth-order valence-electron chi connectivity index (χ4n) is 7.30. The number of aromatic nitrogens is 1. The zero-order chi connectivity index (χ0) is 33.7. The first-order valence-electron chi connectivity index (χ1n) is 17.1. The van der Waals surface area contributed by atoms with Crippen molar-refractivity contribution in [2.75, 3.05) is 4.90 Å². The van der Waals surface area contributed by atoms with Crippen molar-refractivity contribution >= 4 is 60.9 Å². The molecule has 10 rings (SSSR count). The number of anilines is 3. The van der Waals surface area contributed by atoms with Crippen LogP contribution in [0.3, 0.4) is 0 Å². The Morgan fingerprint density at radius 2 is 1.08 bits per heavy atom. The van der Waals surface area contributed by atoms with E-state index in [2.05, 4.69) is 132 Å². The molecule has 240 valence electrons. The minimum Gasteiger partial charge on any atom is -0.456 e. The lowest BCUT2D eigenvalue weighted by molar-refractivity contribution is 0.617. The van der Waals surface area contributed by atoms with Crippen molar-refractivity contribution in [1.29, 1.82) is 0 Å². The second kappa shape index (κ2) is 11.9. The molecule has 0 saturated heterocycles. The molecular weight excluding hydrogens is 625 g/mol. The summed E-state index contributed by atoms with van der Waals surface area (Å²) in [4.78, 5) is 7.53. The van der Waals surface area contributed by atoms with Gasteiger partial charge >= 0.3 is 0 Å². The third-order valence-electron chi connectivity index (χ3n) is 9.68. The number of hydrogen-bond donors (Lipinski definition) is 0. The highest BCUT2D eigenvalue weighted by Crippen LogP contribution is 2.48. The van der Waals surface area contributed by atoms with E-state index in [1.807, 2.05) is 54.6 Å². The van der Waals surface area contributed by atoms with Crippen LogP contribution in [0.15, 0.2) is 191 Å². The number of fused-ring (bicyclic) bond motifs is 5. The van der Waals surface area contributed by atoms with E-state index >= 15 is 0 Å². The van der Waals surface area contributed by atoms with Gasteiger partial charge in [-0.25, -0.2) is 4.98 Å². The van der Waals surface area contributed by atoms with Crippen LogP contribution in [0.5, 0.6) is 0 Å². The summed E-state index contributed by atoms with van der Waals surface area (Å²) < 4.78 is 13.1. The number of benzene rings is 8. The Hall–Kier alpha value is -6.91. The van der Waals surface area contributed by atoms with Crippen molar-refractivity contribution in [3.63, 3.8) is 0 Å². The van der Waals surface area contributed by atoms with Crippen molar-refractivity contribution in [3.05, 3.63) is 182 Å². The molecule has 0 fully saturated rings. The standard InChI is InChI=1S/C47H30N2O2/c1-3-13-31(14-4-1)35-19-11-20-37(29-35)49(36-27-25-33(26-28-36)39-23-12-18-32-15-7-8-21-38(32)39)46-44-40-22-9-10-24-41(40)50-42(44)30-43-45(46)48-47(51-43)34-16-5-2-6-17-34/h1-30H. The predicted octanol–water partition coefficient (Wildman–Crippen LogP) is 13.4. The molecule has 4 heteroatoms. The Bertz CT molecular complexity index is 2850. The highest BCUT2D eigenvalue weighted by molar-refractivity contribution is 6.20. The summed E-state index contributed by atoms with van der Waals surface area (Å²) in [6.07, 6.45) is 0. The number of hydrogen-bond acceptors (Lipinski definition) is 4. The zero-order valence-corrected chi connectivity index (χ0v) is 27.5. The van der Waals surface area contributed by atoms with E-state index in [1.54, 1.807) is 0 Å². The quantitative estimate of drug-likeness (QED) is 0.179. The topological polar surface area (TPSA) is 42.4 Å². The molecule has 8 aromatic carbocycles.